The maximum atomic E-state index is 6.54. The fourth-order valence-electron chi connectivity index (χ4n) is 3.40. The van der Waals surface area contributed by atoms with Crippen LogP contribution in [0.2, 0.25) is 0 Å². The van der Waals surface area contributed by atoms with Gasteiger partial charge < -0.3 is 11.1 Å². The molecule has 1 aliphatic rings. The Kier molecular flexibility index (Phi) is 4.64. The lowest BCUT2D eigenvalue weighted by atomic mass is 9.84. The van der Waals surface area contributed by atoms with Crippen molar-refractivity contribution in [1.82, 2.24) is 5.32 Å². The molecule has 2 rings (SSSR count). The van der Waals surface area contributed by atoms with E-state index in [2.05, 4.69) is 39.1 Å². The van der Waals surface area contributed by atoms with Crippen LogP contribution in [-0.2, 0) is 0 Å². The molecule has 2 nitrogen and oxygen atoms in total. The Hall–Kier alpha value is -0.860. The van der Waals surface area contributed by atoms with Gasteiger partial charge >= 0.3 is 0 Å². The second-order valence-electron chi connectivity index (χ2n) is 6.21. The predicted molar refractivity (Wildman–Crippen MR) is 82.5 cm³/mol. The zero-order valence-electron chi connectivity index (χ0n) is 12.8. The van der Waals surface area contributed by atoms with Crippen molar-refractivity contribution in [1.29, 1.82) is 0 Å². The first-order valence-electron chi connectivity index (χ1n) is 7.54. The van der Waals surface area contributed by atoms with Gasteiger partial charge in [0.15, 0.2) is 0 Å². The number of nitrogens with two attached hydrogens (primary N) is 1. The summed E-state index contributed by atoms with van der Waals surface area (Å²) in [5.74, 6) is 0.788. The third-order valence-electron chi connectivity index (χ3n) is 4.84. The van der Waals surface area contributed by atoms with Gasteiger partial charge in [0.1, 0.15) is 0 Å². The quantitative estimate of drug-likeness (QED) is 0.875. The maximum Gasteiger partial charge on any atom is 0.0302 e. The van der Waals surface area contributed by atoms with E-state index in [-0.39, 0.29) is 6.04 Å². The Bertz CT molecular complexity index is 419. The summed E-state index contributed by atoms with van der Waals surface area (Å²) in [7, 11) is 0. The number of hydrogen-bond donors (Lipinski definition) is 2. The second-order valence-corrected chi connectivity index (χ2v) is 6.21. The van der Waals surface area contributed by atoms with E-state index in [1.807, 2.05) is 0 Å². The molecule has 0 aliphatic carbocycles. The Morgan fingerprint density at radius 2 is 1.63 bits per heavy atom. The molecular weight excluding hydrogens is 232 g/mol. The SMILES string of the molecule is Cc1cc(C)c(C)c(C(N)CC2CCNCC2)c1C. The summed E-state index contributed by atoms with van der Waals surface area (Å²) < 4.78 is 0. The molecular formula is C17H28N2. The Morgan fingerprint density at radius 3 is 2.16 bits per heavy atom. The standard InChI is InChI=1S/C17H28N2/c1-11-9-12(2)14(4)17(13(11)3)16(18)10-15-5-7-19-8-6-15/h9,15-16,19H,5-8,10,18H2,1-4H3. The van der Waals surface area contributed by atoms with E-state index in [1.54, 1.807) is 0 Å². The fourth-order valence-corrected chi connectivity index (χ4v) is 3.40. The molecule has 106 valence electrons. The number of hydrogen-bond acceptors (Lipinski definition) is 2. The summed E-state index contributed by atoms with van der Waals surface area (Å²) in [6, 6.07) is 2.48. The topological polar surface area (TPSA) is 38.0 Å². The highest BCUT2D eigenvalue weighted by Gasteiger charge is 2.21. The van der Waals surface area contributed by atoms with Gasteiger partial charge in [-0.1, -0.05) is 6.07 Å². The van der Waals surface area contributed by atoms with Gasteiger partial charge in [0.2, 0.25) is 0 Å². The van der Waals surface area contributed by atoms with Crippen LogP contribution in [-0.4, -0.2) is 13.1 Å². The lowest BCUT2D eigenvalue weighted by Crippen LogP contribution is -2.30. The first kappa shape index (κ1) is 14.5. The van der Waals surface area contributed by atoms with E-state index in [9.17, 15) is 0 Å². The molecule has 0 aromatic heterocycles. The number of piperidine rings is 1. The number of nitrogens with one attached hydrogen (secondary N) is 1. The molecule has 1 aliphatic heterocycles. The first-order chi connectivity index (χ1) is 9.00. The molecule has 0 bridgehead atoms. The van der Waals surface area contributed by atoms with Crippen molar-refractivity contribution in [2.24, 2.45) is 11.7 Å². The van der Waals surface area contributed by atoms with Gasteiger partial charge in [-0.2, -0.15) is 0 Å². The second kappa shape index (κ2) is 6.06. The molecule has 3 N–H and O–H groups in total. The van der Waals surface area contributed by atoms with Crippen LogP contribution in [0.5, 0.6) is 0 Å². The zero-order chi connectivity index (χ0) is 14.0. The van der Waals surface area contributed by atoms with E-state index in [0.717, 1.165) is 25.4 Å². The third kappa shape index (κ3) is 3.18. The fraction of sp³-hybridized carbons (Fsp3) is 0.647. The molecule has 1 fully saturated rings. The van der Waals surface area contributed by atoms with Crippen LogP contribution in [0.4, 0.5) is 0 Å². The van der Waals surface area contributed by atoms with Crippen LogP contribution in [0, 0.1) is 33.6 Å². The predicted octanol–water partition coefficient (Wildman–Crippen LogP) is 3.31. The highest BCUT2D eigenvalue weighted by molar-refractivity contribution is 5.45. The third-order valence-corrected chi connectivity index (χ3v) is 4.84. The number of rotatable bonds is 3. The molecule has 1 saturated heterocycles. The normalized spacial score (nSPS) is 18.6. The molecule has 1 atom stereocenters. The number of aryl methyl sites for hydroxylation is 2. The zero-order valence-corrected chi connectivity index (χ0v) is 12.8. The summed E-state index contributed by atoms with van der Waals surface area (Å²) in [4.78, 5) is 0. The molecule has 1 unspecified atom stereocenters. The molecule has 1 aromatic carbocycles. The van der Waals surface area contributed by atoms with E-state index in [4.69, 9.17) is 5.73 Å². The minimum atomic E-state index is 0.196. The van der Waals surface area contributed by atoms with E-state index >= 15 is 0 Å². The molecule has 0 saturated carbocycles. The Balaban J connectivity index is 2.20. The van der Waals surface area contributed by atoms with E-state index in [1.165, 1.54) is 40.7 Å². The first-order valence-corrected chi connectivity index (χ1v) is 7.54. The van der Waals surface area contributed by atoms with Crippen LogP contribution in [0.25, 0.3) is 0 Å². The van der Waals surface area contributed by atoms with Crippen molar-refractivity contribution in [2.45, 2.75) is 53.0 Å². The molecule has 2 heteroatoms. The Labute approximate surface area is 117 Å². The highest BCUT2D eigenvalue weighted by Crippen LogP contribution is 2.31. The lowest BCUT2D eigenvalue weighted by molar-refractivity contribution is 0.332. The molecule has 1 aromatic rings. The van der Waals surface area contributed by atoms with Crippen molar-refractivity contribution in [3.8, 4) is 0 Å². The van der Waals surface area contributed by atoms with Gasteiger partial charge in [-0.25, -0.2) is 0 Å². The summed E-state index contributed by atoms with van der Waals surface area (Å²) in [6.07, 6.45) is 3.68. The molecule has 0 radical (unpaired) electrons. The van der Waals surface area contributed by atoms with Crippen LogP contribution in [0.3, 0.4) is 0 Å². The lowest BCUT2D eigenvalue weighted by Gasteiger charge is -2.28. The van der Waals surface area contributed by atoms with Crippen LogP contribution < -0.4 is 11.1 Å². The van der Waals surface area contributed by atoms with Gasteiger partial charge in [-0.05, 0) is 93.8 Å². The van der Waals surface area contributed by atoms with E-state index < -0.39 is 0 Å². The molecule has 0 spiro atoms. The molecule has 0 amide bonds. The smallest absolute Gasteiger partial charge is 0.0302 e. The van der Waals surface area contributed by atoms with Crippen molar-refractivity contribution in [2.75, 3.05) is 13.1 Å². The van der Waals surface area contributed by atoms with Gasteiger partial charge in [0.25, 0.3) is 0 Å². The van der Waals surface area contributed by atoms with E-state index in [0.29, 0.717) is 0 Å². The monoisotopic (exact) mass is 260 g/mol. The van der Waals surface area contributed by atoms with Crippen molar-refractivity contribution in [3.63, 3.8) is 0 Å². The van der Waals surface area contributed by atoms with Crippen molar-refractivity contribution < 1.29 is 0 Å². The molecule has 19 heavy (non-hydrogen) atoms. The summed E-state index contributed by atoms with van der Waals surface area (Å²) >= 11 is 0. The average Bonchev–Trinajstić information content (AvgIpc) is 2.38. The van der Waals surface area contributed by atoms with Gasteiger partial charge in [0, 0.05) is 6.04 Å². The minimum Gasteiger partial charge on any atom is -0.324 e. The summed E-state index contributed by atoms with van der Waals surface area (Å²) in [6.45, 7) is 11.1. The maximum absolute atomic E-state index is 6.54. The Morgan fingerprint density at radius 1 is 1.11 bits per heavy atom. The van der Waals surface area contributed by atoms with Gasteiger partial charge in [0.05, 0.1) is 0 Å². The van der Waals surface area contributed by atoms with Crippen molar-refractivity contribution >= 4 is 0 Å². The van der Waals surface area contributed by atoms with Crippen molar-refractivity contribution in [3.05, 3.63) is 33.9 Å². The van der Waals surface area contributed by atoms with Gasteiger partial charge in [-0.3, -0.25) is 0 Å². The highest BCUT2D eigenvalue weighted by atomic mass is 14.9. The minimum absolute atomic E-state index is 0.196. The average molecular weight is 260 g/mol. The summed E-state index contributed by atoms with van der Waals surface area (Å²) in [5, 5.41) is 3.43. The van der Waals surface area contributed by atoms with Crippen LogP contribution in [0.1, 0.15) is 53.1 Å². The van der Waals surface area contributed by atoms with Crippen LogP contribution in [0.15, 0.2) is 6.07 Å². The molecule has 1 heterocycles. The van der Waals surface area contributed by atoms with Gasteiger partial charge in [-0.15, -0.1) is 0 Å². The largest absolute Gasteiger partial charge is 0.324 e. The number of benzene rings is 1. The van der Waals surface area contributed by atoms with Crippen LogP contribution >= 0.6 is 0 Å². The summed E-state index contributed by atoms with van der Waals surface area (Å²) in [5.41, 5.74) is 13.5.